The summed E-state index contributed by atoms with van der Waals surface area (Å²) in [6, 6.07) is 2.04. The van der Waals surface area contributed by atoms with E-state index >= 15 is 0 Å². The van der Waals surface area contributed by atoms with Gasteiger partial charge in [-0.3, -0.25) is 14.4 Å². The van der Waals surface area contributed by atoms with Gasteiger partial charge in [0.05, 0.1) is 24.9 Å². The average Bonchev–Trinajstić information content (AvgIpc) is 3.10. The highest BCUT2D eigenvalue weighted by Gasteiger charge is 2.24. The highest BCUT2D eigenvalue weighted by atomic mass is 32.1. The second kappa shape index (κ2) is 7.42. The molecule has 0 N–H and O–H groups in total. The van der Waals surface area contributed by atoms with Gasteiger partial charge in [0.2, 0.25) is 5.91 Å². The van der Waals surface area contributed by atoms with Crippen molar-refractivity contribution in [1.29, 1.82) is 0 Å². The molecule has 3 heterocycles. The summed E-state index contributed by atoms with van der Waals surface area (Å²) in [5.74, 6) is -0.0259. The number of thiazole rings is 1. The van der Waals surface area contributed by atoms with Crippen LogP contribution < -0.4 is 0 Å². The highest BCUT2D eigenvalue weighted by molar-refractivity contribution is 7.09. The Morgan fingerprint density at radius 3 is 3.00 bits per heavy atom. The maximum Gasteiger partial charge on any atom is 0.248 e. The molecule has 2 aromatic heterocycles. The lowest BCUT2D eigenvalue weighted by Crippen LogP contribution is -2.36. The Labute approximate surface area is 145 Å². The van der Waals surface area contributed by atoms with Crippen LogP contribution in [0.1, 0.15) is 16.4 Å². The molecule has 1 atom stereocenters. The Morgan fingerprint density at radius 2 is 2.29 bits per heavy atom. The molecular formula is C16H23N5O2S. The summed E-state index contributed by atoms with van der Waals surface area (Å²) in [5, 5.41) is 7.55. The molecule has 0 spiro atoms. The van der Waals surface area contributed by atoms with Crippen molar-refractivity contribution in [2.75, 3.05) is 27.2 Å². The minimum atomic E-state index is -0.0730. The number of fused-ring (bicyclic) bond motifs is 1. The van der Waals surface area contributed by atoms with Crippen LogP contribution in [0.15, 0.2) is 17.6 Å². The summed E-state index contributed by atoms with van der Waals surface area (Å²) in [5.41, 5.74) is 2.22. The number of aromatic nitrogens is 3. The first-order valence-corrected chi connectivity index (χ1v) is 8.85. The van der Waals surface area contributed by atoms with Gasteiger partial charge in [0.15, 0.2) is 0 Å². The predicted octanol–water partition coefficient (Wildman–Crippen LogP) is 1.14. The Bertz CT molecular complexity index is 696. The van der Waals surface area contributed by atoms with E-state index in [4.69, 9.17) is 4.74 Å². The van der Waals surface area contributed by atoms with Gasteiger partial charge in [-0.2, -0.15) is 5.10 Å². The molecule has 8 heteroatoms. The molecule has 2 aromatic rings. The monoisotopic (exact) mass is 349 g/mol. The third-order valence-electron chi connectivity index (χ3n) is 4.00. The number of aryl methyl sites for hydroxylation is 1. The molecule has 0 radical (unpaired) electrons. The van der Waals surface area contributed by atoms with Crippen molar-refractivity contribution in [2.45, 2.75) is 32.7 Å². The lowest BCUT2D eigenvalue weighted by molar-refractivity contribution is -0.136. The van der Waals surface area contributed by atoms with E-state index in [1.54, 1.807) is 30.3 Å². The summed E-state index contributed by atoms with van der Waals surface area (Å²) in [6.45, 7) is 5.11. The van der Waals surface area contributed by atoms with Crippen LogP contribution in [0.25, 0.3) is 0 Å². The van der Waals surface area contributed by atoms with Crippen LogP contribution in [0, 0.1) is 6.92 Å². The first-order chi connectivity index (χ1) is 11.5. The zero-order chi connectivity index (χ0) is 17.1. The molecule has 1 aliphatic heterocycles. The molecule has 0 saturated heterocycles. The standard InChI is InChI=1S/C16H23N5O2S/c1-12-11-24-15(18-12)9-20-6-13-4-5-17-21(13)8-14(7-20)23-10-16(22)19(2)3/h4-5,11,14H,6-10H2,1-3H3. The van der Waals surface area contributed by atoms with Crippen LogP contribution in [-0.4, -0.2) is 63.8 Å². The first-order valence-electron chi connectivity index (χ1n) is 7.97. The van der Waals surface area contributed by atoms with Gasteiger partial charge in [-0.1, -0.05) is 0 Å². The minimum Gasteiger partial charge on any atom is -0.365 e. The molecule has 1 aliphatic rings. The number of amides is 1. The van der Waals surface area contributed by atoms with E-state index < -0.39 is 0 Å². The van der Waals surface area contributed by atoms with Crippen molar-refractivity contribution >= 4 is 17.2 Å². The van der Waals surface area contributed by atoms with Crippen LogP contribution >= 0.6 is 11.3 Å². The van der Waals surface area contributed by atoms with E-state index in [1.165, 1.54) is 0 Å². The number of carbonyl (C=O) groups is 1. The third kappa shape index (κ3) is 4.19. The summed E-state index contributed by atoms with van der Waals surface area (Å²) >= 11 is 1.68. The molecule has 0 aliphatic carbocycles. The van der Waals surface area contributed by atoms with Crippen LogP contribution in [0.4, 0.5) is 0 Å². The van der Waals surface area contributed by atoms with Gasteiger partial charge < -0.3 is 9.64 Å². The number of hydrogen-bond acceptors (Lipinski definition) is 6. The van der Waals surface area contributed by atoms with Crippen molar-refractivity contribution in [3.8, 4) is 0 Å². The molecule has 0 saturated carbocycles. The van der Waals surface area contributed by atoms with Crippen LogP contribution in [-0.2, 0) is 29.2 Å². The molecule has 0 bridgehead atoms. The van der Waals surface area contributed by atoms with Crippen LogP contribution in [0.5, 0.6) is 0 Å². The smallest absolute Gasteiger partial charge is 0.248 e. The average molecular weight is 349 g/mol. The number of nitrogens with zero attached hydrogens (tertiary/aromatic N) is 5. The van der Waals surface area contributed by atoms with E-state index in [0.717, 1.165) is 36.0 Å². The second-order valence-electron chi connectivity index (χ2n) is 6.28. The van der Waals surface area contributed by atoms with E-state index in [2.05, 4.69) is 20.4 Å². The zero-order valence-electron chi connectivity index (χ0n) is 14.3. The summed E-state index contributed by atoms with van der Waals surface area (Å²) < 4.78 is 7.84. The molecule has 130 valence electrons. The minimum absolute atomic E-state index is 0.0259. The van der Waals surface area contributed by atoms with Gasteiger partial charge >= 0.3 is 0 Å². The van der Waals surface area contributed by atoms with Crippen molar-refractivity contribution in [1.82, 2.24) is 24.6 Å². The molecule has 24 heavy (non-hydrogen) atoms. The Balaban J connectivity index is 1.69. The Kier molecular flexibility index (Phi) is 5.27. The lowest BCUT2D eigenvalue weighted by Gasteiger charge is -2.23. The van der Waals surface area contributed by atoms with E-state index in [0.29, 0.717) is 6.54 Å². The SMILES string of the molecule is Cc1csc(CN2Cc3ccnn3CC(OCC(=O)N(C)C)C2)n1. The van der Waals surface area contributed by atoms with E-state index in [1.807, 2.05) is 23.9 Å². The molecule has 3 rings (SSSR count). The van der Waals surface area contributed by atoms with E-state index in [-0.39, 0.29) is 18.6 Å². The quantitative estimate of drug-likeness (QED) is 0.810. The second-order valence-corrected chi connectivity index (χ2v) is 7.22. The lowest BCUT2D eigenvalue weighted by atomic mass is 10.3. The number of hydrogen-bond donors (Lipinski definition) is 0. The van der Waals surface area contributed by atoms with Gasteiger partial charge in [0.1, 0.15) is 11.6 Å². The van der Waals surface area contributed by atoms with E-state index in [9.17, 15) is 4.79 Å². The zero-order valence-corrected chi connectivity index (χ0v) is 15.1. The normalized spacial score (nSPS) is 18.2. The fourth-order valence-corrected chi connectivity index (χ4v) is 3.51. The number of rotatable bonds is 5. The predicted molar refractivity (Wildman–Crippen MR) is 91.6 cm³/mol. The van der Waals surface area contributed by atoms with Crippen molar-refractivity contribution in [2.24, 2.45) is 0 Å². The van der Waals surface area contributed by atoms with Crippen molar-refractivity contribution < 1.29 is 9.53 Å². The van der Waals surface area contributed by atoms with Crippen molar-refractivity contribution in [3.63, 3.8) is 0 Å². The van der Waals surface area contributed by atoms with Gasteiger partial charge in [0, 0.05) is 44.5 Å². The molecule has 7 nitrogen and oxygen atoms in total. The van der Waals surface area contributed by atoms with Gasteiger partial charge in [-0.15, -0.1) is 11.3 Å². The molecule has 1 amide bonds. The Morgan fingerprint density at radius 1 is 1.46 bits per heavy atom. The Hall–Kier alpha value is -1.77. The van der Waals surface area contributed by atoms with Gasteiger partial charge in [-0.25, -0.2) is 4.98 Å². The van der Waals surface area contributed by atoms with Gasteiger partial charge in [-0.05, 0) is 13.0 Å². The fourth-order valence-electron chi connectivity index (χ4n) is 2.70. The highest BCUT2D eigenvalue weighted by Crippen LogP contribution is 2.18. The van der Waals surface area contributed by atoms with Crippen LogP contribution in [0.2, 0.25) is 0 Å². The third-order valence-corrected chi connectivity index (χ3v) is 4.95. The molecule has 0 fully saturated rings. The molecule has 0 aromatic carbocycles. The molecular weight excluding hydrogens is 326 g/mol. The van der Waals surface area contributed by atoms with Crippen LogP contribution in [0.3, 0.4) is 0 Å². The topological polar surface area (TPSA) is 63.5 Å². The van der Waals surface area contributed by atoms with Crippen molar-refractivity contribution in [3.05, 3.63) is 34.0 Å². The summed E-state index contributed by atoms with van der Waals surface area (Å²) in [6.07, 6.45) is 1.74. The number of likely N-dealkylation sites (N-methyl/N-ethyl adjacent to an activating group) is 1. The summed E-state index contributed by atoms with van der Waals surface area (Å²) in [4.78, 5) is 20.2. The maximum atomic E-state index is 11.8. The largest absolute Gasteiger partial charge is 0.365 e. The number of ether oxygens (including phenoxy) is 1. The maximum absolute atomic E-state index is 11.8. The summed E-state index contributed by atoms with van der Waals surface area (Å²) in [7, 11) is 3.48. The van der Waals surface area contributed by atoms with Gasteiger partial charge in [0.25, 0.3) is 0 Å². The fraction of sp³-hybridized carbons (Fsp3) is 0.562. The first kappa shape index (κ1) is 17.1. The number of carbonyl (C=O) groups excluding carboxylic acids is 1. The molecule has 1 unspecified atom stereocenters.